The predicted octanol–water partition coefficient (Wildman–Crippen LogP) is 1.81. The van der Waals surface area contributed by atoms with Gasteiger partial charge in [-0.3, -0.25) is 9.59 Å². The number of amides is 2. The molecule has 1 aromatic carbocycles. The summed E-state index contributed by atoms with van der Waals surface area (Å²) in [4.78, 5) is 28.0. The van der Waals surface area contributed by atoms with Crippen molar-refractivity contribution < 1.29 is 9.59 Å². The second-order valence-corrected chi connectivity index (χ2v) is 7.46. The van der Waals surface area contributed by atoms with Gasteiger partial charge >= 0.3 is 0 Å². The first-order chi connectivity index (χ1) is 12.1. The van der Waals surface area contributed by atoms with Crippen LogP contribution in [0.25, 0.3) is 0 Å². The Bertz CT molecular complexity index is 590. The van der Waals surface area contributed by atoms with Crippen LogP contribution in [0.2, 0.25) is 0 Å². The minimum absolute atomic E-state index is 0.0969. The third kappa shape index (κ3) is 5.05. The van der Waals surface area contributed by atoms with Gasteiger partial charge in [0.1, 0.15) is 0 Å². The van der Waals surface area contributed by atoms with E-state index in [4.69, 9.17) is 5.73 Å². The summed E-state index contributed by atoms with van der Waals surface area (Å²) in [7, 11) is 0. The van der Waals surface area contributed by atoms with E-state index < -0.39 is 5.91 Å². The molecule has 3 saturated heterocycles. The maximum Gasteiger partial charge on any atom is 0.223 e. The third-order valence-corrected chi connectivity index (χ3v) is 5.48. The molecule has 136 valence electrons. The van der Waals surface area contributed by atoms with Gasteiger partial charge in [0, 0.05) is 38.5 Å². The summed E-state index contributed by atoms with van der Waals surface area (Å²) in [5.41, 5.74) is 6.58. The normalized spacial score (nSPS) is 23.4. The van der Waals surface area contributed by atoms with Gasteiger partial charge in [-0.2, -0.15) is 0 Å². The molecular formula is C20H29N3O2. The fourth-order valence-corrected chi connectivity index (χ4v) is 4.19. The standard InChI is InChI=1S/C20H29N3O2/c21-19(24)10-11-20(25)23-14-17-8-9-18(23)15-22(13-17)12-4-7-16-5-2-1-3-6-16/h1-3,5-6,17-18H,4,7-15H2,(H2,21,24)/t17-,18+/m0/s1. The van der Waals surface area contributed by atoms with E-state index in [1.54, 1.807) is 0 Å². The number of carbonyl (C=O) groups excluding carboxylic acids is 2. The molecule has 0 aromatic heterocycles. The topological polar surface area (TPSA) is 66.6 Å². The van der Waals surface area contributed by atoms with Crippen molar-refractivity contribution in [1.82, 2.24) is 9.80 Å². The number of carbonyl (C=O) groups is 2. The van der Waals surface area contributed by atoms with Crippen LogP contribution in [0.5, 0.6) is 0 Å². The Hall–Kier alpha value is -1.88. The molecule has 1 aromatic rings. The van der Waals surface area contributed by atoms with Crippen molar-refractivity contribution in [2.45, 2.75) is 44.6 Å². The lowest BCUT2D eigenvalue weighted by molar-refractivity contribution is -0.136. The maximum atomic E-state index is 12.5. The van der Waals surface area contributed by atoms with Crippen molar-refractivity contribution >= 4 is 11.8 Å². The lowest BCUT2D eigenvalue weighted by Gasteiger charge is -2.36. The number of hydrogen-bond donors (Lipinski definition) is 1. The van der Waals surface area contributed by atoms with Crippen LogP contribution >= 0.6 is 0 Å². The maximum absolute atomic E-state index is 12.5. The highest BCUT2D eigenvalue weighted by atomic mass is 16.2. The Kier molecular flexibility index (Phi) is 6.08. The van der Waals surface area contributed by atoms with Crippen molar-refractivity contribution in [1.29, 1.82) is 0 Å². The van der Waals surface area contributed by atoms with Gasteiger partial charge in [-0.05, 0) is 43.7 Å². The molecule has 25 heavy (non-hydrogen) atoms. The summed E-state index contributed by atoms with van der Waals surface area (Å²) in [5.74, 6) is 0.267. The van der Waals surface area contributed by atoms with Crippen molar-refractivity contribution in [3.05, 3.63) is 35.9 Å². The number of rotatable bonds is 7. The largest absolute Gasteiger partial charge is 0.370 e. The monoisotopic (exact) mass is 343 g/mol. The zero-order valence-electron chi connectivity index (χ0n) is 14.9. The van der Waals surface area contributed by atoms with Gasteiger partial charge in [0.25, 0.3) is 0 Å². The first kappa shape index (κ1) is 17.9. The Morgan fingerprint density at radius 3 is 2.60 bits per heavy atom. The predicted molar refractivity (Wildman–Crippen MR) is 97.9 cm³/mol. The van der Waals surface area contributed by atoms with E-state index in [9.17, 15) is 9.59 Å². The molecule has 5 nitrogen and oxygen atoms in total. The number of nitrogens with two attached hydrogens (primary N) is 1. The van der Waals surface area contributed by atoms with Crippen LogP contribution in [0, 0.1) is 5.92 Å². The average molecular weight is 343 g/mol. The van der Waals surface area contributed by atoms with E-state index in [0.717, 1.165) is 45.4 Å². The third-order valence-electron chi connectivity index (χ3n) is 5.48. The molecule has 2 bridgehead atoms. The van der Waals surface area contributed by atoms with E-state index >= 15 is 0 Å². The van der Waals surface area contributed by atoms with Crippen molar-refractivity contribution in [3.63, 3.8) is 0 Å². The smallest absolute Gasteiger partial charge is 0.223 e. The molecular weight excluding hydrogens is 314 g/mol. The Morgan fingerprint density at radius 2 is 1.84 bits per heavy atom. The lowest BCUT2D eigenvalue weighted by atomic mass is 9.94. The fourth-order valence-electron chi connectivity index (χ4n) is 4.19. The van der Waals surface area contributed by atoms with Crippen molar-refractivity contribution in [2.24, 2.45) is 11.7 Å². The number of hydrogen-bond acceptors (Lipinski definition) is 3. The van der Waals surface area contributed by atoms with Crippen molar-refractivity contribution in [2.75, 3.05) is 26.2 Å². The summed E-state index contributed by atoms with van der Waals surface area (Å²) in [6, 6.07) is 10.9. The summed E-state index contributed by atoms with van der Waals surface area (Å²) >= 11 is 0. The van der Waals surface area contributed by atoms with E-state index in [2.05, 4.69) is 35.2 Å². The molecule has 0 saturated carbocycles. The number of fused-ring (bicyclic) bond motifs is 4. The summed E-state index contributed by atoms with van der Waals surface area (Å²) < 4.78 is 0. The first-order valence-corrected chi connectivity index (χ1v) is 9.46. The second kappa shape index (κ2) is 8.48. The van der Waals surface area contributed by atoms with Crippen LogP contribution in [0.15, 0.2) is 30.3 Å². The van der Waals surface area contributed by atoms with E-state index in [-0.39, 0.29) is 18.7 Å². The average Bonchev–Trinajstić information content (AvgIpc) is 2.91. The van der Waals surface area contributed by atoms with Gasteiger partial charge in [-0.25, -0.2) is 0 Å². The van der Waals surface area contributed by atoms with Crippen LogP contribution in [-0.4, -0.2) is 53.8 Å². The van der Waals surface area contributed by atoms with E-state index in [0.29, 0.717) is 12.0 Å². The number of primary amides is 1. The van der Waals surface area contributed by atoms with E-state index in [1.165, 1.54) is 12.0 Å². The van der Waals surface area contributed by atoms with Gasteiger partial charge in [0.05, 0.1) is 0 Å². The summed E-state index contributed by atoms with van der Waals surface area (Å²) in [6.45, 7) is 3.99. The Labute approximate surface area is 150 Å². The van der Waals surface area contributed by atoms with Gasteiger partial charge < -0.3 is 15.5 Å². The summed E-state index contributed by atoms with van der Waals surface area (Å²) in [5, 5.41) is 0. The minimum atomic E-state index is -0.393. The van der Waals surface area contributed by atoms with Crippen LogP contribution in [0.4, 0.5) is 0 Å². The van der Waals surface area contributed by atoms with Crippen LogP contribution in [0.3, 0.4) is 0 Å². The molecule has 0 spiro atoms. The zero-order valence-corrected chi connectivity index (χ0v) is 14.9. The first-order valence-electron chi connectivity index (χ1n) is 9.46. The number of benzene rings is 1. The lowest BCUT2D eigenvalue weighted by Crippen LogP contribution is -2.47. The van der Waals surface area contributed by atoms with Gasteiger partial charge in [0.15, 0.2) is 0 Å². The molecule has 4 rings (SSSR count). The molecule has 2 amide bonds. The van der Waals surface area contributed by atoms with E-state index in [1.807, 2.05) is 4.90 Å². The van der Waals surface area contributed by atoms with Gasteiger partial charge in [-0.15, -0.1) is 0 Å². The number of aryl methyl sites for hydroxylation is 1. The van der Waals surface area contributed by atoms with Crippen molar-refractivity contribution in [3.8, 4) is 0 Å². The highest BCUT2D eigenvalue weighted by molar-refractivity contribution is 5.83. The Morgan fingerprint density at radius 1 is 1.04 bits per heavy atom. The minimum Gasteiger partial charge on any atom is -0.370 e. The molecule has 0 aliphatic carbocycles. The molecule has 5 heteroatoms. The van der Waals surface area contributed by atoms with Crippen LogP contribution < -0.4 is 5.73 Å². The molecule has 3 heterocycles. The van der Waals surface area contributed by atoms with Gasteiger partial charge in [0.2, 0.25) is 11.8 Å². The Balaban J connectivity index is 1.50. The van der Waals surface area contributed by atoms with Crippen LogP contribution in [-0.2, 0) is 16.0 Å². The fraction of sp³-hybridized carbons (Fsp3) is 0.600. The number of piperidine rings is 1. The quantitative estimate of drug-likeness (QED) is 0.821. The SMILES string of the molecule is NC(=O)CCC(=O)N1C[C@H]2CC[C@@H]1CN(CCCc1ccccc1)C2. The van der Waals surface area contributed by atoms with Gasteiger partial charge in [-0.1, -0.05) is 30.3 Å². The zero-order chi connectivity index (χ0) is 17.6. The molecule has 0 unspecified atom stereocenters. The summed E-state index contributed by atoms with van der Waals surface area (Å²) in [6.07, 6.45) is 4.97. The molecule has 3 aliphatic heterocycles. The highest BCUT2D eigenvalue weighted by Crippen LogP contribution is 2.28. The number of nitrogens with zero attached hydrogens (tertiary/aromatic N) is 2. The molecule has 0 radical (unpaired) electrons. The molecule has 3 fully saturated rings. The van der Waals surface area contributed by atoms with Crippen LogP contribution in [0.1, 0.15) is 37.7 Å². The highest BCUT2D eigenvalue weighted by Gasteiger charge is 2.36. The molecule has 3 aliphatic rings. The molecule has 2 atom stereocenters. The second-order valence-electron chi connectivity index (χ2n) is 7.46. The molecule has 2 N–H and O–H groups in total.